The van der Waals surface area contributed by atoms with Crippen LogP contribution in [0.3, 0.4) is 0 Å². The first kappa shape index (κ1) is 11.1. The molecule has 0 bridgehead atoms. The first-order valence-corrected chi connectivity index (χ1v) is 6.43. The quantitative estimate of drug-likeness (QED) is 0.620. The fraction of sp³-hybridized carbons (Fsp3) is 0.909. The molecule has 86 valence electrons. The number of hydrogen-bond acceptors (Lipinski definition) is 2. The van der Waals surface area contributed by atoms with Gasteiger partial charge in [0.25, 0.3) is 0 Å². The average molecular weight is 227 g/mol. The summed E-state index contributed by atoms with van der Waals surface area (Å²) in [5.41, 5.74) is 0. The zero-order valence-corrected chi connectivity index (χ0v) is 10.4. The van der Waals surface area contributed by atoms with Gasteiger partial charge in [-0.05, 0) is 31.0 Å². The van der Waals surface area contributed by atoms with E-state index in [-0.39, 0.29) is 0 Å². The van der Waals surface area contributed by atoms with Crippen molar-refractivity contribution >= 4 is 17.3 Å². The van der Waals surface area contributed by atoms with Crippen LogP contribution in [-0.2, 0) is 0 Å². The molecule has 2 aliphatic rings. The third kappa shape index (κ3) is 2.82. The Labute approximate surface area is 97.8 Å². The summed E-state index contributed by atoms with van der Waals surface area (Å²) in [6, 6.07) is 0. The van der Waals surface area contributed by atoms with Gasteiger partial charge in [0, 0.05) is 39.3 Å². The maximum Gasteiger partial charge on any atom is 0.171 e. The largest absolute Gasteiger partial charge is 0.349 e. The molecular weight excluding hydrogens is 206 g/mol. The smallest absolute Gasteiger partial charge is 0.171 e. The molecule has 0 aromatic carbocycles. The number of nitrogens with zero attached hydrogens (tertiary/aromatic N) is 2. The summed E-state index contributed by atoms with van der Waals surface area (Å²) in [6.45, 7) is 8.95. The number of piperazine rings is 1. The second-order valence-corrected chi connectivity index (χ2v) is 5.05. The molecule has 15 heavy (non-hydrogen) atoms. The molecule has 2 fully saturated rings. The minimum atomic E-state index is 0.882. The summed E-state index contributed by atoms with van der Waals surface area (Å²) in [4.78, 5) is 4.74. The summed E-state index contributed by atoms with van der Waals surface area (Å²) < 4.78 is 0. The van der Waals surface area contributed by atoms with Crippen LogP contribution < -0.4 is 5.32 Å². The van der Waals surface area contributed by atoms with Crippen LogP contribution in [0.2, 0.25) is 0 Å². The van der Waals surface area contributed by atoms with Gasteiger partial charge in [-0.2, -0.15) is 0 Å². The number of nitrogens with one attached hydrogen (secondary N) is 1. The summed E-state index contributed by atoms with van der Waals surface area (Å²) in [5.74, 6) is 0.882. The molecule has 0 radical (unpaired) electrons. The normalized spacial score (nSPS) is 24.3. The van der Waals surface area contributed by atoms with Gasteiger partial charge in [-0.1, -0.05) is 6.92 Å². The topological polar surface area (TPSA) is 18.5 Å². The summed E-state index contributed by atoms with van der Waals surface area (Å²) in [5, 5.41) is 4.45. The molecule has 0 spiro atoms. The van der Waals surface area contributed by atoms with E-state index in [1.54, 1.807) is 0 Å². The molecule has 0 aliphatic carbocycles. The lowest BCUT2D eigenvalue weighted by molar-refractivity contribution is 0.241. The second kappa shape index (κ2) is 5.12. The van der Waals surface area contributed by atoms with E-state index >= 15 is 0 Å². The van der Waals surface area contributed by atoms with Crippen molar-refractivity contribution in [3.05, 3.63) is 0 Å². The van der Waals surface area contributed by atoms with Crippen molar-refractivity contribution < 1.29 is 0 Å². The zero-order chi connectivity index (χ0) is 10.7. The molecule has 2 aliphatic heterocycles. The Kier molecular flexibility index (Phi) is 3.81. The Morgan fingerprint density at radius 1 is 1.07 bits per heavy atom. The van der Waals surface area contributed by atoms with Crippen molar-refractivity contribution in [1.29, 1.82) is 0 Å². The molecule has 0 aromatic rings. The van der Waals surface area contributed by atoms with Crippen LogP contribution in [0.5, 0.6) is 0 Å². The van der Waals surface area contributed by atoms with E-state index in [2.05, 4.69) is 22.0 Å². The lowest BCUT2D eigenvalue weighted by atomic mass is 10.00. The van der Waals surface area contributed by atoms with E-state index in [9.17, 15) is 0 Å². The number of hydrogen-bond donors (Lipinski definition) is 1. The Morgan fingerprint density at radius 3 is 2.20 bits per heavy atom. The first-order chi connectivity index (χ1) is 7.27. The molecule has 3 nitrogen and oxygen atoms in total. The van der Waals surface area contributed by atoms with Crippen LogP contribution in [0.4, 0.5) is 0 Å². The van der Waals surface area contributed by atoms with Gasteiger partial charge < -0.3 is 15.1 Å². The van der Waals surface area contributed by atoms with Gasteiger partial charge in [0.2, 0.25) is 0 Å². The van der Waals surface area contributed by atoms with E-state index in [0.29, 0.717) is 0 Å². The molecule has 0 atom stereocenters. The molecule has 0 unspecified atom stereocenters. The average Bonchev–Trinajstić information content (AvgIpc) is 2.30. The van der Waals surface area contributed by atoms with E-state index < -0.39 is 0 Å². The van der Waals surface area contributed by atoms with Gasteiger partial charge in [0.05, 0.1) is 0 Å². The van der Waals surface area contributed by atoms with Crippen molar-refractivity contribution in [2.24, 2.45) is 5.92 Å². The molecule has 2 rings (SSSR count). The number of rotatable bonds is 0. The highest BCUT2D eigenvalue weighted by Crippen LogP contribution is 2.17. The van der Waals surface area contributed by atoms with Crippen LogP contribution in [-0.4, -0.2) is 54.2 Å². The Bertz CT molecular complexity index is 218. The van der Waals surface area contributed by atoms with Crippen molar-refractivity contribution in [3.8, 4) is 0 Å². The molecule has 0 amide bonds. The zero-order valence-electron chi connectivity index (χ0n) is 9.54. The number of thiocarbonyl (C=S) groups is 1. The third-order valence-corrected chi connectivity index (χ3v) is 3.96. The van der Waals surface area contributed by atoms with Gasteiger partial charge >= 0.3 is 0 Å². The summed E-state index contributed by atoms with van der Waals surface area (Å²) in [6.07, 6.45) is 2.60. The van der Waals surface area contributed by atoms with Crippen LogP contribution in [0.15, 0.2) is 0 Å². The van der Waals surface area contributed by atoms with Crippen molar-refractivity contribution in [2.75, 3.05) is 39.3 Å². The molecular formula is C11H21N3S. The molecule has 2 heterocycles. The van der Waals surface area contributed by atoms with Crippen molar-refractivity contribution in [1.82, 2.24) is 15.1 Å². The van der Waals surface area contributed by atoms with Gasteiger partial charge in [-0.25, -0.2) is 0 Å². The fourth-order valence-electron chi connectivity index (χ4n) is 2.26. The standard InChI is InChI=1S/C11H21N3S/c1-10-2-6-13(7-3-10)11(15)14-8-4-12-5-9-14/h10,12H,2-9H2,1H3. The summed E-state index contributed by atoms with van der Waals surface area (Å²) in [7, 11) is 0. The number of likely N-dealkylation sites (tertiary alicyclic amines) is 1. The number of piperidine rings is 1. The van der Waals surface area contributed by atoms with Crippen molar-refractivity contribution in [3.63, 3.8) is 0 Å². The van der Waals surface area contributed by atoms with Crippen LogP contribution in [0.1, 0.15) is 19.8 Å². The van der Waals surface area contributed by atoms with Gasteiger partial charge in [-0.15, -0.1) is 0 Å². The Hall–Kier alpha value is -0.350. The Balaban J connectivity index is 1.84. The minimum Gasteiger partial charge on any atom is -0.349 e. The van der Waals surface area contributed by atoms with Gasteiger partial charge in [0.1, 0.15) is 0 Å². The van der Waals surface area contributed by atoms with Gasteiger partial charge in [-0.3, -0.25) is 0 Å². The lowest BCUT2D eigenvalue weighted by Gasteiger charge is -2.39. The first-order valence-electron chi connectivity index (χ1n) is 6.02. The molecule has 1 N–H and O–H groups in total. The molecule has 2 saturated heterocycles. The highest BCUT2D eigenvalue weighted by atomic mass is 32.1. The van der Waals surface area contributed by atoms with Crippen LogP contribution in [0.25, 0.3) is 0 Å². The predicted molar refractivity (Wildman–Crippen MR) is 67.0 cm³/mol. The predicted octanol–water partition coefficient (Wildman–Crippen LogP) is 0.908. The maximum absolute atomic E-state index is 5.56. The molecule has 0 aromatic heterocycles. The highest BCUT2D eigenvalue weighted by Gasteiger charge is 2.22. The highest BCUT2D eigenvalue weighted by molar-refractivity contribution is 7.80. The van der Waals surface area contributed by atoms with E-state index in [4.69, 9.17) is 12.2 Å². The second-order valence-electron chi connectivity index (χ2n) is 4.69. The monoisotopic (exact) mass is 227 g/mol. The Morgan fingerprint density at radius 2 is 1.60 bits per heavy atom. The maximum atomic E-state index is 5.56. The molecule has 0 saturated carbocycles. The van der Waals surface area contributed by atoms with E-state index in [1.807, 2.05) is 0 Å². The van der Waals surface area contributed by atoms with E-state index in [0.717, 1.165) is 50.3 Å². The minimum absolute atomic E-state index is 0.882. The third-order valence-electron chi connectivity index (χ3n) is 3.44. The van der Waals surface area contributed by atoms with Crippen LogP contribution >= 0.6 is 12.2 Å². The fourth-order valence-corrected chi connectivity index (χ4v) is 2.62. The van der Waals surface area contributed by atoms with E-state index in [1.165, 1.54) is 12.8 Å². The van der Waals surface area contributed by atoms with Crippen LogP contribution in [0, 0.1) is 5.92 Å². The van der Waals surface area contributed by atoms with Gasteiger partial charge in [0.15, 0.2) is 5.11 Å². The SMILES string of the molecule is CC1CCN(C(=S)N2CCNCC2)CC1. The van der Waals surface area contributed by atoms with Crippen molar-refractivity contribution in [2.45, 2.75) is 19.8 Å². The molecule has 4 heteroatoms. The summed E-state index contributed by atoms with van der Waals surface area (Å²) >= 11 is 5.56. The lowest BCUT2D eigenvalue weighted by Crippen LogP contribution is -2.52.